The van der Waals surface area contributed by atoms with E-state index in [1.54, 1.807) is 0 Å². The number of thiophene rings is 1. The van der Waals surface area contributed by atoms with E-state index in [0.717, 1.165) is 5.02 Å². The molecule has 0 radical (unpaired) electrons. The second-order valence-corrected chi connectivity index (χ2v) is 11.8. The molecule has 1 aliphatic rings. The van der Waals surface area contributed by atoms with Gasteiger partial charge < -0.3 is 0 Å². The molecule has 0 unspecified atom stereocenters. The summed E-state index contributed by atoms with van der Waals surface area (Å²) in [6.07, 6.45) is 0. The molecule has 0 atom stereocenters. The van der Waals surface area contributed by atoms with Gasteiger partial charge in [-0.25, -0.2) is 0 Å². The quantitative estimate of drug-likeness (QED) is 0.211. The lowest BCUT2D eigenvalue weighted by Crippen LogP contribution is -2.28. The Labute approximate surface area is 236 Å². The normalized spacial score (nSPS) is 13.5. The first-order valence-corrected chi connectivity index (χ1v) is 14.4. The number of rotatable bonds is 3. The summed E-state index contributed by atoms with van der Waals surface area (Å²) in [6, 6.07) is 51.0. The smallest absolute Gasteiger partial charge is 0.0713 e. The number of hydrogen-bond donors (Lipinski definition) is 0. The lowest BCUT2D eigenvalue weighted by molar-refractivity contribution is 0.769. The molecule has 0 fully saturated rings. The van der Waals surface area contributed by atoms with Gasteiger partial charge in [0, 0.05) is 25.2 Å². The molecular formula is C37H23ClS. The second kappa shape index (κ2) is 8.68. The number of fused-ring (bicyclic) bond motifs is 6. The zero-order valence-corrected chi connectivity index (χ0v) is 22.6. The van der Waals surface area contributed by atoms with Gasteiger partial charge in [-0.05, 0) is 68.8 Å². The number of benzene rings is 6. The Bertz CT molecular complexity index is 1980. The minimum Gasteiger partial charge on any atom is -0.135 e. The van der Waals surface area contributed by atoms with E-state index in [9.17, 15) is 0 Å². The summed E-state index contributed by atoms with van der Waals surface area (Å²) < 4.78 is 2.51. The Kier molecular flexibility index (Phi) is 5.07. The highest BCUT2D eigenvalue weighted by Crippen LogP contribution is 2.56. The van der Waals surface area contributed by atoms with Crippen molar-refractivity contribution in [3.63, 3.8) is 0 Å². The van der Waals surface area contributed by atoms with E-state index in [2.05, 4.69) is 133 Å². The lowest BCUT2D eigenvalue weighted by Gasteiger charge is -2.34. The van der Waals surface area contributed by atoms with Crippen LogP contribution in [0.5, 0.6) is 0 Å². The summed E-state index contributed by atoms with van der Waals surface area (Å²) in [4.78, 5) is 0. The summed E-state index contributed by atoms with van der Waals surface area (Å²) in [7, 11) is 0. The van der Waals surface area contributed by atoms with Crippen LogP contribution in [0.3, 0.4) is 0 Å². The number of halogens is 1. The molecule has 0 saturated carbocycles. The third-order valence-electron chi connectivity index (χ3n) is 8.23. The predicted octanol–water partition coefficient (Wildman–Crippen LogP) is 10.7. The van der Waals surface area contributed by atoms with Gasteiger partial charge in [0.2, 0.25) is 0 Å². The molecule has 6 aromatic carbocycles. The molecule has 1 aliphatic carbocycles. The summed E-state index contributed by atoms with van der Waals surface area (Å²) in [5.41, 5.74) is 9.94. The maximum Gasteiger partial charge on any atom is 0.0713 e. The van der Waals surface area contributed by atoms with E-state index >= 15 is 0 Å². The minimum atomic E-state index is -0.386. The van der Waals surface area contributed by atoms with Crippen molar-refractivity contribution >= 4 is 43.1 Å². The molecule has 1 heterocycles. The van der Waals surface area contributed by atoms with Gasteiger partial charge in [-0.1, -0.05) is 127 Å². The first kappa shape index (κ1) is 22.8. The fraction of sp³-hybridized carbons (Fsp3) is 0.0270. The van der Waals surface area contributed by atoms with E-state index in [-0.39, 0.29) is 5.41 Å². The third-order valence-corrected chi connectivity index (χ3v) is 9.58. The number of hydrogen-bond acceptors (Lipinski definition) is 1. The molecule has 0 bridgehead atoms. The van der Waals surface area contributed by atoms with Crippen molar-refractivity contribution in [3.05, 3.63) is 167 Å². The molecule has 39 heavy (non-hydrogen) atoms. The Balaban J connectivity index is 1.40. The predicted molar refractivity (Wildman–Crippen MR) is 167 cm³/mol. The van der Waals surface area contributed by atoms with E-state index in [1.165, 1.54) is 64.7 Å². The summed E-state index contributed by atoms with van der Waals surface area (Å²) in [5, 5.41) is 3.33. The van der Waals surface area contributed by atoms with Gasteiger partial charge in [0.1, 0.15) is 0 Å². The average Bonchev–Trinajstić information content (AvgIpc) is 3.50. The molecular weight excluding hydrogens is 512 g/mol. The van der Waals surface area contributed by atoms with E-state index in [0.29, 0.717) is 0 Å². The van der Waals surface area contributed by atoms with Gasteiger partial charge >= 0.3 is 0 Å². The molecule has 0 N–H and O–H groups in total. The minimum absolute atomic E-state index is 0.386. The van der Waals surface area contributed by atoms with Crippen LogP contribution in [0.15, 0.2) is 140 Å². The topological polar surface area (TPSA) is 0 Å². The van der Waals surface area contributed by atoms with Crippen LogP contribution < -0.4 is 0 Å². The first-order valence-electron chi connectivity index (χ1n) is 13.2. The molecule has 184 valence electrons. The van der Waals surface area contributed by atoms with Crippen LogP contribution >= 0.6 is 22.9 Å². The Morgan fingerprint density at radius 3 is 1.77 bits per heavy atom. The summed E-state index contributed by atoms with van der Waals surface area (Å²) in [6.45, 7) is 0. The highest BCUT2D eigenvalue weighted by atomic mass is 35.5. The third kappa shape index (κ3) is 3.31. The summed E-state index contributed by atoms with van der Waals surface area (Å²) >= 11 is 8.11. The molecule has 8 rings (SSSR count). The Morgan fingerprint density at radius 2 is 1.03 bits per heavy atom. The molecule has 1 aromatic heterocycles. The van der Waals surface area contributed by atoms with Crippen LogP contribution in [0.1, 0.15) is 22.3 Å². The van der Waals surface area contributed by atoms with Gasteiger partial charge in [-0.2, -0.15) is 0 Å². The largest absolute Gasteiger partial charge is 0.135 e. The van der Waals surface area contributed by atoms with Crippen molar-refractivity contribution in [3.8, 4) is 22.3 Å². The van der Waals surface area contributed by atoms with Crippen molar-refractivity contribution < 1.29 is 0 Å². The van der Waals surface area contributed by atoms with Crippen molar-refractivity contribution in [2.24, 2.45) is 0 Å². The Morgan fingerprint density at radius 1 is 0.462 bits per heavy atom. The molecule has 7 aromatic rings. The molecule has 0 spiro atoms. The van der Waals surface area contributed by atoms with Gasteiger partial charge in [0.25, 0.3) is 0 Å². The lowest BCUT2D eigenvalue weighted by atomic mass is 9.67. The highest BCUT2D eigenvalue weighted by molar-refractivity contribution is 7.25. The maximum absolute atomic E-state index is 6.30. The Hall–Kier alpha value is -4.17. The van der Waals surface area contributed by atoms with E-state index in [4.69, 9.17) is 11.6 Å². The van der Waals surface area contributed by atoms with Crippen molar-refractivity contribution in [2.75, 3.05) is 0 Å². The van der Waals surface area contributed by atoms with Crippen molar-refractivity contribution in [1.82, 2.24) is 0 Å². The van der Waals surface area contributed by atoms with Crippen LogP contribution in [0.4, 0.5) is 0 Å². The van der Waals surface area contributed by atoms with Crippen LogP contribution in [0, 0.1) is 0 Å². The monoisotopic (exact) mass is 534 g/mol. The average molecular weight is 535 g/mol. The second-order valence-electron chi connectivity index (χ2n) is 10.2. The van der Waals surface area contributed by atoms with E-state index < -0.39 is 0 Å². The molecule has 0 amide bonds. The van der Waals surface area contributed by atoms with Gasteiger partial charge in [0.15, 0.2) is 0 Å². The standard InChI is InChI=1S/C37H23ClS/c38-28-17-20-32-31-19-16-25(22-35(31)39-36(32)23-28)24-15-18-30-29-13-7-8-14-33(29)37(34(30)21-24,26-9-3-1-4-10-26)27-11-5-2-6-12-27/h1-23H. The molecule has 0 aliphatic heterocycles. The fourth-order valence-corrected chi connectivity index (χ4v) is 7.98. The molecule has 0 saturated heterocycles. The highest BCUT2D eigenvalue weighted by Gasteiger charge is 2.45. The van der Waals surface area contributed by atoms with E-state index in [1.807, 2.05) is 17.4 Å². The van der Waals surface area contributed by atoms with Gasteiger partial charge in [-0.3, -0.25) is 0 Å². The fourth-order valence-electron chi connectivity index (χ4n) is 6.55. The van der Waals surface area contributed by atoms with Crippen LogP contribution in [0.25, 0.3) is 42.4 Å². The van der Waals surface area contributed by atoms with Crippen LogP contribution in [-0.4, -0.2) is 0 Å². The van der Waals surface area contributed by atoms with Crippen molar-refractivity contribution in [1.29, 1.82) is 0 Å². The van der Waals surface area contributed by atoms with Crippen LogP contribution in [0.2, 0.25) is 5.02 Å². The van der Waals surface area contributed by atoms with Crippen molar-refractivity contribution in [2.45, 2.75) is 5.41 Å². The van der Waals surface area contributed by atoms with Gasteiger partial charge in [0.05, 0.1) is 5.41 Å². The molecule has 0 nitrogen and oxygen atoms in total. The zero-order chi connectivity index (χ0) is 26.0. The maximum atomic E-state index is 6.30. The first-order chi connectivity index (χ1) is 19.2. The SMILES string of the molecule is Clc1ccc2c(c1)sc1cc(-c3ccc4c(c3)C(c3ccccc3)(c3ccccc3)c3ccccc3-4)ccc12. The van der Waals surface area contributed by atoms with Crippen LogP contribution in [-0.2, 0) is 5.41 Å². The zero-order valence-electron chi connectivity index (χ0n) is 21.1. The molecule has 2 heteroatoms. The van der Waals surface area contributed by atoms with Gasteiger partial charge in [-0.15, -0.1) is 11.3 Å². The summed E-state index contributed by atoms with van der Waals surface area (Å²) in [5.74, 6) is 0.